The van der Waals surface area contributed by atoms with E-state index in [9.17, 15) is 14.4 Å². The summed E-state index contributed by atoms with van der Waals surface area (Å²) < 4.78 is 0. The van der Waals surface area contributed by atoms with Gasteiger partial charge in [0.05, 0.1) is 17.0 Å². The van der Waals surface area contributed by atoms with E-state index in [1.54, 1.807) is 48.2 Å². The molecule has 3 aromatic carbocycles. The van der Waals surface area contributed by atoms with Crippen LogP contribution in [0.25, 0.3) is 0 Å². The van der Waals surface area contributed by atoms with Crippen LogP contribution in [0, 0.1) is 0 Å². The highest BCUT2D eigenvalue weighted by Crippen LogP contribution is 2.39. The number of halogens is 1. The van der Waals surface area contributed by atoms with Crippen molar-refractivity contribution in [1.82, 2.24) is 10.2 Å². The molecule has 8 heteroatoms. The van der Waals surface area contributed by atoms with Gasteiger partial charge in [0.25, 0.3) is 11.8 Å². The fourth-order valence-corrected chi connectivity index (χ4v) is 5.12. The lowest BCUT2D eigenvalue weighted by molar-refractivity contribution is -0.128. The van der Waals surface area contributed by atoms with Gasteiger partial charge in [-0.3, -0.25) is 14.4 Å². The van der Waals surface area contributed by atoms with Crippen LogP contribution >= 0.6 is 23.4 Å². The van der Waals surface area contributed by atoms with Crippen molar-refractivity contribution in [2.45, 2.75) is 25.3 Å². The maximum absolute atomic E-state index is 12.9. The van der Waals surface area contributed by atoms with Crippen LogP contribution in [-0.4, -0.2) is 34.9 Å². The lowest BCUT2D eigenvalue weighted by Gasteiger charge is -2.24. The van der Waals surface area contributed by atoms with Gasteiger partial charge in [-0.2, -0.15) is 0 Å². The number of nitrogens with one attached hydrogen (secondary N) is 2. The summed E-state index contributed by atoms with van der Waals surface area (Å²) in [6, 6.07) is 21.7. The third-order valence-electron chi connectivity index (χ3n) is 5.65. The minimum absolute atomic E-state index is 0.0785. The van der Waals surface area contributed by atoms with Crippen molar-refractivity contribution in [3.8, 4) is 0 Å². The van der Waals surface area contributed by atoms with Crippen molar-refractivity contribution in [1.29, 1.82) is 0 Å². The second-order valence-electron chi connectivity index (χ2n) is 8.19. The van der Waals surface area contributed by atoms with Gasteiger partial charge in [0.1, 0.15) is 5.37 Å². The quantitative estimate of drug-likeness (QED) is 0.421. The van der Waals surface area contributed by atoms with E-state index >= 15 is 0 Å². The molecule has 0 aliphatic carbocycles. The van der Waals surface area contributed by atoms with Gasteiger partial charge in [-0.15, -0.1) is 11.8 Å². The predicted octanol–water partition coefficient (Wildman–Crippen LogP) is 5.51. The molecule has 180 valence electrons. The lowest BCUT2D eigenvalue weighted by Crippen LogP contribution is -2.27. The largest absolute Gasteiger partial charge is 0.352 e. The standard InChI is InChI=1S/C27H26ClN3O3S/c1-2-15-29-26(34)22-5-3-4-6-23(22)30-25(33)19-9-11-20(12-10-19)27-31(24(32)17-35-27)16-18-7-13-21(28)14-8-18/h3-14,27H,2,15-17H2,1H3,(H,29,34)(H,30,33)/t27-/m0/s1. The molecule has 0 radical (unpaired) electrons. The Balaban J connectivity index is 1.46. The molecule has 4 rings (SSSR count). The van der Waals surface area contributed by atoms with Gasteiger partial charge in [-0.1, -0.05) is 54.9 Å². The Bertz CT molecular complexity index is 1220. The van der Waals surface area contributed by atoms with Crippen LogP contribution < -0.4 is 10.6 Å². The van der Waals surface area contributed by atoms with Gasteiger partial charge in [0, 0.05) is 23.7 Å². The number of nitrogens with zero attached hydrogens (tertiary/aromatic N) is 1. The molecule has 6 nitrogen and oxygen atoms in total. The number of hydrogen-bond donors (Lipinski definition) is 2. The van der Waals surface area contributed by atoms with E-state index in [0.29, 0.717) is 40.7 Å². The van der Waals surface area contributed by atoms with Crippen molar-refractivity contribution >= 4 is 46.8 Å². The maximum atomic E-state index is 12.9. The minimum atomic E-state index is -0.305. The molecule has 3 amide bonds. The third-order valence-corrected chi connectivity index (χ3v) is 7.16. The van der Waals surface area contributed by atoms with Gasteiger partial charge >= 0.3 is 0 Å². The maximum Gasteiger partial charge on any atom is 0.255 e. The molecule has 1 heterocycles. The molecule has 0 unspecified atom stereocenters. The zero-order valence-electron chi connectivity index (χ0n) is 19.3. The van der Waals surface area contributed by atoms with Crippen LogP contribution in [0.1, 0.15) is 50.6 Å². The van der Waals surface area contributed by atoms with Crippen LogP contribution in [-0.2, 0) is 11.3 Å². The third kappa shape index (κ3) is 6.05. The fraction of sp³-hybridized carbons (Fsp3) is 0.222. The van der Waals surface area contributed by atoms with Crippen molar-refractivity contribution < 1.29 is 14.4 Å². The molecule has 0 aromatic heterocycles. The van der Waals surface area contributed by atoms with E-state index in [1.165, 1.54) is 0 Å². The predicted molar refractivity (Wildman–Crippen MR) is 141 cm³/mol. The number of anilines is 1. The summed E-state index contributed by atoms with van der Waals surface area (Å²) in [5.74, 6) is -0.0332. The number of carbonyl (C=O) groups excluding carboxylic acids is 3. The molecule has 35 heavy (non-hydrogen) atoms. The number of hydrogen-bond acceptors (Lipinski definition) is 4. The second kappa shape index (κ2) is 11.4. The average Bonchev–Trinajstić information content (AvgIpc) is 3.24. The topological polar surface area (TPSA) is 78.5 Å². The second-order valence-corrected chi connectivity index (χ2v) is 9.69. The van der Waals surface area contributed by atoms with Crippen LogP contribution in [0.2, 0.25) is 5.02 Å². The normalized spacial score (nSPS) is 15.2. The molecule has 2 N–H and O–H groups in total. The van der Waals surface area contributed by atoms with E-state index in [1.807, 2.05) is 48.2 Å². The van der Waals surface area contributed by atoms with Crippen LogP contribution in [0.15, 0.2) is 72.8 Å². The van der Waals surface area contributed by atoms with Gasteiger partial charge < -0.3 is 15.5 Å². The monoisotopic (exact) mass is 507 g/mol. The highest BCUT2D eigenvalue weighted by Gasteiger charge is 2.32. The summed E-state index contributed by atoms with van der Waals surface area (Å²) in [6.07, 6.45) is 0.828. The van der Waals surface area contributed by atoms with Crippen LogP contribution in [0.4, 0.5) is 5.69 Å². The Morgan fingerprint density at radius 1 is 1.00 bits per heavy atom. The highest BCUT2D eigenvalue weighted by molar-refractivity contribution is 8.00. The summed E-state index contributed by atoms with van der Waals surface area (Å²) in [5.41, 5.74) is 3.31. The van der Waals surface area contributed by atoms with Gasteiger partial charge in [-0.05, 0) is 53.9 Å². The van der Waals surface area contributed by atoms with Crippen molar-refractivity contribution in [3.63, 3.8) is 0 Å². The van der Waals surface area contributed by atoms with Crippen molar-refractivity contribution in [2.24, 2.45) is 0 Å². The number of amides is 3. The molecule has 1 saturated heterocycles. The van der Waals surface area contributed by atoms with E-state index in [0.717, 1.165) is 17.5 Å². The molecule has 3 aromatic rings. The number of benzene rings is 3. The van der Waals surface area contributed by atoms with E-state index in [4.69, 9.17) is 11.6 Å². The molecular weight excluding hydrogens is 482 g/mol. The summed E-state index contributed by atoms with van der Waals surface area (Å²) in [4.78, 5) is 39.7. The molecule has 0 saturated carbocycles. The Morgan fingerprint density at radius 3 is 2.43 bits per heavy atom. The minimum Gasteiger partial charge on any atom is -0.352 e. The summed E-state index contributed by atoms with van der Waals surface area (Å²) >= 11 is 7.55. The SMILES string of the molecule is CCCNC(=O)c1ccccc1NC(=O)c1ccc([C@@H]2SCC(=O)N2Cc2ccc(Cl)cc2)cc1. The zero-order chi connectivity index (χ0) is 24.8. The Kier molecular flexibility index (Phi) is 8.10. The molecule has 1 aliphatic rings. The van der Waals surface area contributed by atoms with E-state index in [-0.39, 0.29) is 23.1 Å². The number of para-hydroxylation sites is 1. The zero-order valence-corrected chi connectivity index (χ0v) is 20.9. The Labute approximate surface area is 214 Å². The molecule has 1 fully saturated rings. The molecule has 1 atom stereocenters. The van der Waals surface area contributed by atoms with Gasteiger partial charge in [-0.25, -0.2) is 0 Å². The number of carbonyl (C=O) groups is 3. The van der Waals surface area contributed by atoms with Crippen molar-refractivity contribution in [3.05, 3.63) is 100 Å². The van der Waals surface area contributed by atoms with Crippen molar-refractivity contribution in [2.75, 3.05) is 17.6 Å². The van der Waals surface area contributed by atoms with Crippen LogP contribution in [0.3, 0.4) is 0 Å². The summed E-state index contributed by atoms with van der Waals surface area (Å²) in [5, 5.41) is 6.21. The molecule has 0 spiro atoms. The first-order valence-electron chi connectivity index (χ1n) is 11.4. The summed E-state index contributed by atoms with van der Waals surface area (Å²) in [7, 11) is 0. The number of rotatable bonds is 8. The average molecular weight is 508 g/mol. The fourth-order valence-electron chi connectivity index (χ4n) is 3.81. The highest BCUT2D eigenvalue weighted by atomic mass is 35.5. The van der Waals surface area contributed by atoms with E-state index in [2.05, 4.69) is 10.6 Å². The first-order valence-corrected chi connectivity index (χ1v) is 12.8. The first-order chi connectivity index (χ1) is 17.0. The molecule has 0 bridgehead atoms. The Hall–Kier alpha value is -3.29. The smallest absolute Gasteiger partial charge is 0.255 e. The summed E-state index contributed by atoms with van der Waals surface area (Å²) in [6.45, 7) is 3.04. The van der Waals surface area contributed by atoms with E-state index < -0.39 is 0 Å². The number of thioether (sulfide) groups is 1. The van der Waals surface area contributed by atoms with Gasteiger partial charge in [0.2, 0.25) is 5.91 Å². The molecule has 1 aliphatic heterocycles. The first kappa shape index (κ1) is 24.8. The Morgan fingerprint density at radius 2 is 1.71 bits per heavy atom. The molecular formula is C27H26ClN3O3S. The van der Waals surface area contributed by atoms with Crippen LogP contribution in [0.5, 0.6) is 0 Å². The van der Waals surface area contributed by atoms with Gasteiger partial charge in [0.15, 0.2) is 0 Å². The lowest BCUT2D eigenvalue weighted by atomic mass is 10.1.